The summed E-state index contributed by atoms with van der Waals surface area (Å²) in [4.78, 5) is 24.9. The third-order valence-electron chi connectivity index (χ3n) is 8.56. The van der Waals surface area contributed by atoms with E-state index >= 15 is 0 Å². The van der Waals surface area contributed by atoms with Gasteiger partial charge in [0.15, 0.2) is 0 Å². The van der Waals surface area contributed by atoms with Crippen molar-refractivity contribution in [2.75, 3.05) is 11.3 Å². The van der Waals surface area contributed by atoms with Gasteiger partial charge in [0, 0.05) is 23.2 Å². The van der Waals surface area contributed by atoms with E-state index in [9.17, 15) is 17.6 Å². The molecule has 6 rings (SSSR count). The van der Waals surface area contributed by atoms with Gasteiger partial charge in [0.05, 0.1) is 16.6 Å². The van der Waals surface area contributed by atoms with Crippen LogP contribution in [0.1, 0.15) is 67.4 Å². The number of hydrogen-bond acceptors (Lipinski definition) is 6. The quantitative estimate of drug-likeness (QED) is 0.414. The molecule has 4 bridgehead atoms. The van der Waals surface area contributed by atoms with Crippen LogP contribution < -0.4 is 9.46 Å². The molecule has 2 fully saturated rings. The summed E-state index contributed by atoms with van der Waals surface area (Å²) in [6, 6.07) is 10.4. The number of amides is 1. The number of nitrogens with one attached hydrogen (secondary N) is 1. The summed E-state index contributed by atoms with van der Waals surface area (Å²) in [5.74, 6) is -0.247. The molecule has 1 atom stereocenters. The summed E-state index contributed by atoms with van der Waals surface area (Å²) in [5, 5.41) is 0. The standard InChI is InChI=1S/C31H35FN4O4S/c1-18(2)10-23-17-40-27-14-26(28-19(3)11-22(32)12-20(28)4)33-30(34-27)35-41(38,39)25-7-5-6-21(13-25)29(37)36(23)24-15-31(16-24)8-9-31/h5-7,11-14,18,23-24H,8-10,15-17H2,1-4H3,(H,33,34,35)/t23-/m1/s1. The molecule has 8 nitrogen and oxygen atoms in total. The molecule has 0 radical (unpaired) electrons. The van der Waals surface area contributed by atoms with E-state index in [2.05, 4.69) is 28.5 Å². The van der Waals surface area contributed by atoms with E-state index in [1.807, 2.05) is 4.90 Å². The van der Waals surface area contributed by atoms with Crippen molar-refractivity contribution in [2.24, 2.45) is 11.3 Å². The summed E-state index contributed by atoms with van der Waals surface area (Å²) >= 11 is 0. The van der Waals surface area contributed by atoms with Crippen LogP contribution in [0.3, 0.4) is 0 Å². The molecule has 2 aliphatic carbocycles. The Kier molecular flexibility index (Phi) is 6.79. The number of sulfonamides is 1. The maximum atomic E-state index is 14.1. The Hall–Kier alpha value is -3.53. The molecular formula is C31H35FN4O4S. The Balaban J connectivity index is 1.48. The number of anilines is 1. The molecule has 3 aliphatic rings. The lowest BCUT2D eigenvalue weighted by Gasteiger charge is -2.47. The van der Waals surface area contributed by atoms with Crippen molar-refractivity contribution in [2.45, 2.75) is 76.8 Å². The van der Waals surface area contributed by atoms with E-state index in [4.69, 9.17) is 4.74 Å². The van der Waals surface area contributed by atoms with Gasteiger partial charge in [0.2, 0.25) is 11.8 Å². The lowest BCUT2D eigenvalue weighted by atomic mass is 9.75. The third-order valence-corrected chi connectivity index (χ3v) is 9.88. The minimum Gasteiger partial charge on any atom is -0.475 e. The molecule has 0 unspecified atom stereocenters. The number of carbonyl (C=O) groups excluding carboxylic acids is 1. The highest BCUT2D eigenvalue weighted by Crippen LogP contribution is 2.62. The first-order chi connectivity index (χ1) is 19.4. The second kappa shape index (κ2) is 10.1. The molecule has 2 heterocycles. The van der Waals surface area contributed by atoms with Gasteiger partial charge in [-0.3, -0.25) is 4.79 Å². The number of benzene rings is 2. The van der Waals surface area contributed by atoms with Crippen molar-refractivity contribution < 1.29 is 22.3 Å². The van der Waals surface area contributed by atoms with E-state index in [-0.39, 0.29) is 47.1 Å². The minimum atomic E-state index is -4.14. The Bertz CT molecular complexity index is 1610. The Morgan fingerprint density at radius 2 is 1.80 bits per heavy atom. The largest absolute Gasteiger partial charge is 0.475 e. The molecule has 1 spiro atoms. The fourth-order valence-corrected chi connectivity index (χ4v) is 7.44. The van der Waals surface area contributed by atoms with Crippen molar-refractivity contribution in [1.82, 2.24) is 14.9 Å². The van der Waals surface area contributed by atoms with E-state index in [0.717, 1.165) is 12.8 Å². The van der Waals surface area contributed by atoms with Crippen LogP contribution in [-0.2, 0) is 10.0 Å². The molecule has 1 aromatic heterocycles. The second-order valence-corrected chi connectivity index (χ2v) is 14.0. The lowest BCUT2D eigenvalue weighted by Crippen LogP contribution is -2.55. The van der Waals surface area contributed by atoms with Gasteiger partial charge in [0.1, 0.15) is 12.4 Å². The molecule has 1 amide bonds. The van der Waals surface area contributed by atoms with E-state index in [1.54, 1.807) is 32.0 Å². The molecule has 0 saturated heterocycles. The molecule has 2 saturated carbocycles. The van der Waals surface area contributed by atoms with E-state index in [0.29, 0.717) is 45.7 Å². The molecule has 1 aliphatic heterocycles. The molecule has 3 aromatic rings. The molecule has 10 heteroatoms. The van der Waals surface area contributed by atoms with Crippen molar-refractivity contribution in [1.29, 1.82) is 0 Å². The maximum absolute atomic E-state index is 14.1. The Labute approximate surface area is 240 Å². The number of carbonyl (C=O) groups is 1. The third kappa shape index (κ3) is 5.41. The molecule has 216 valence electrons. The maximum Gasteiger partial charge on any atom is 0.264 e. The number of aromatic nitrogens is 2. The first-order valence-electron chi connectivity index (χ1n) is 14.2. The lowest BCUT2D eigenvalue weighted by molar-refractivity contribution is 0.00919. The van der Waals surface area contributed by atoms with Crippen molar-refractivity contribution >= 4 is 21.9 Å². The summed E-state index contributed by atoms with van der Waals surface area (Å²) in [6.45, 7) is 7.98. The van der Waals surface area contributed by atoms with Crippen LogP contribution in [-0.4, -0.2) is 47.9 Å². The SMILES string of the molecule is Cc1cc(F)cc(C)c1-c1cc2nc(n1)NS(=O)(=O)c1cccc(c1)C(=O)N(C1CC3(CC3)C1)[C@H](CC(C)C)CO2. The van der Waals surface area contributed by atoms with Crippen molar-refractivity contribution in [3.63, 3.8) is 0 Å². The van der Waals surface area contributed by atoms with Gasteiger partial charge >= 0.3 is 0 Å². The number of nitrogens with zero attached hydrogens (tertiary/aromatic N) is 3. The fraction of sp³-hybridized carbons (Fsp3) is 0.452. The summed E-state index contributed by atoms with van der Waals surface area (Å²) < 4.78 is 49.8. The first kappa shape index (κ1) is 27.6. The minimum absolute atomic E-state index is 0.0548. The zero-order valence-corrected chi connectivity index (χ0v) is 24.6. The van der Waals surface area contributed by atoms with Gasteiger partial charge in [-0.05, 0) is 98.7 Å². The molecule has 1 N–H and O–H groups in total. The number of aryl methyl sites for hydroxylation is 2. The highest BCUT2D eigenvalue weighted by Gasteiger charge is 2.56. The summed E-state index contributed by atoms with van der Waals surface area (Å²) in [7, 11) is -4.14. The Morgan fingerprint density at radius 3 is 2.46 bits per heavy atom. The number of fused-ring (bicyclic) bond motifs is 4. The van der Waals surface area contributed by atoms with Gasteiger partial charge in [-0.25, -0.2) is 22.5 Å². The molecular weight excluding hydrogens is 543 g/mol. The predicted molar refractivity (Wildman–Crippen MR) is 154 cm³/mol. The molecule has 2 aromatic carbocycles. The smallest absolute Gasteiger partial charge is 0.264 e. The summed E-state index contributed by atoms with van der Waals surface area (Å²) in [5.41, 5.74) is 3.08. The topological polar surface area (TPSA) is 101 Å². The monoisotopic (exact) mass is 578 g/mol. The van der Waals surface area contributed by atoms with Crippen LogP contribution in [0.5, 0.6) is 5.88 Å². The first-order valence-corrected chi connectivity index (χ1v) is 15.7. The highest BCUT2D eigenvalue weighted by atomic mass is 32.2. The highest BCUT2D eigenvalue weighted by molar-refractivity contribution is 7.92. The van der Waals surface area contributed by atoms with Crippen LogP contribution >= 0.6 is 0 Å². The van der Waals surface area contributed by atoms with E-state index in [1.165, 1.54) is 37.1 Å². The number of halogens is 1. The van der Waals surface area contributed by atoms with Gasteiger partial charge in [0.25, 0.3) is 15.9 Å². The van der Waals surface area contributed by atoms with Gasteiger partial charge in [-0.2, -0.15) is 4.98 Å². The van der Waals surface area contributed by atoms with Gasteiger partial charge in [-0.1, -0.05) is 19.9 Å². The van der Waals surface area contributed by atoms with Crippen molar-refractivity contribution in [3.8, 4) is 17.1 Å². The van der Waals surface area contributed by atoms with Crippen LogP contribution in [0.2, 0.25) is 0 Å². The second-order valence-electron chi connectivity index (χ2n) is 12.3. The number of ether oxygens (including phenoxy) is 1. The zero-order chi connectivity index (χ0) is 29.1. The predicted octanol–water partition coefficient (Wildman–Crippen LogP) is 5.89. The fourth-order valence-electron chi connectivity index (χ4n) is 6.45. The van der Waals surface area contributed by atoms with Crippen LogP contribution in [0.25, 0.3) is 11.3 Å². The molecule has 41 heavy (non-hydrogen) atoms. The van der Waals surface area contributed by atoms with Gasteiger partial charge < -0.3 is 9.64 Å². The van der Waals surface area contributed by atoms with Crippen LogP contribution in [0.15, 0.2) is 47.4 Å². The average molecular weight is 579 g/mol. The van der Waals surface area contributed by atoms with Gasteiger partial charge in [-0.15, -0.1) is 0 Å². The number of rotatable bonds is 4. The van der Waals surface area contributed by atoms with E-state index < -0.39 is 10.0 Å². The van der Waals surface area contributed by atoms with Crippen molar-refractivity contribution in [3.05, 3.63) is 65.0 Å². The summed E-state index contributed by atoms with van der Waals surface area (Å²) in [6.07, 6.45) is 5.03. The number of hydrogen-bond donors (Lipinski definition) is 1. The Morgan fingerprint density at radius 1 is 1.10 bits per heavy atom. The van der Waals surface area contributed by atoms with Crippen LogP contribution in [0.4, 0.5) is 10.3 Å². The average Bonchev–Trinajstić information content (AvgIpc) is 3.67. The van der Waals surface area contributed by atoms with Crippen LogP contribution in [0, 0.1) is 31.0 Å². The zero-order valence-electron chi connectivity index (χ0n) is 23.8. The normalized spacial score (nSPS) is 21.3.